The van der Waals surface area contributed by atoms with Gasteiger partial charge in [0.1, 0.15) is 17.6 Å². The second-order valence-corrected chi connectivity index (χ2v) is 5.49. The fourth-order valence-electron chi connectivity index (χ4n) is 2.49. The number of guanidine groups is 1. The normalized spacial score (nSPS) is 15.8. The van der Waals surface area contributed by atoms with Crippen LogP contribution in [0.4, 0.5) is 0 Å². The Hall–Kier alpha value is -1.18. The maximum Gasteiger partial charge on any atom is 0.194 e. The van der Waals surface area contributed by atoms with Crippen LogP contribution in [0, 0.1) is 0 Å². The van der Waals surface area contributed by atoms with E-state index >= 15 is 0 Å². The van der Waals surface area contributed by atoms with Crippen LogP contribution in [-0.2, 0) is 0 Å². The lowest BCUT2D eigenvalue weighted by atomic mass is 10.3. The molecule has 1 aromatic rings. The summed E-state index contributed by atoms with van der Waals surface area (Å²) in [6.45, 7) is 7.87. The van der Waals surface area contributed by atoms with E-state index in [1.165, 1.54) is 12.8 Å². The molecular weight excluding hydrogens is 405 g/mol. The summed E-state index contributed by atoms with van der Waals surface area (Å²) in [6, 6.07) is 7.65. The fraction of sp³-hybridized carbons (Fsp3) is 0.588. The largest absolute Gasteiger partial charge is 0.497 e. The van der Waals surface area contributed by atoms with Crippen molar-refractivity contribution in [1.82, 2.24) is 10.2 Å². The van der Waals surface area contributed by atoms with Crippen molar-refractivity contribution in [2.24, 2.45) is 4.99 Å². The summed E-state index contributed by atoms with van der Waals surface area (Å²) in [6.07, 6.45) is 2.54. The van der Waals surface area contributed by atoms with Crippen molar-refractivity contribution in [1.29, 1.82) is 0 Å². The summed E-state index contributed by atoms with van der Waals surface area (Å²) in [5.74, 6) is 2.68. The van der Waals surface area contributed by atoms with Gasteiger partial charge in [-0.1, -0.05) is 0 Å². The van der Waals surface area contributed by atoms with Crippen LogP contribution in [0.3, 0.4) is 0 Å². The van der Waals surface area contributed by atoms with E-state index < -0.39 is 0 Å². The smallest absolute Gasteiger partial charge is 0.194 e. The number of methoxy groups -OCH3 is 1. The third kappa shape index (κ3) is 6.45. The number of aliphatic imine (C=N–C) groups is 1. The Bertz CT molecular complexity index is 473. The van der Waals surface area contributed by atoms with Gasteiger partial charge in [-0.2, -0.15) is 0 Å². The summed E-state index contributed by atoms with van der Waals surface area (Å²) in [7, 11) is 1.66. The molecule has 23 heavy (non-hydrogen) atoms. The molecule has 130 valence electrons. The molecule has 1 aromatic carbocycles. The number of hydrogen-bond donors (Lipinski definition) is 1. The van der Waals surface area contributed by atoms with Crippen LogP contribution in [0.25, 0.3) is 0 Å². The molecule has 1 atom stereocenters. The van der Waals surface area contributed by atoms with E-state index in [2.05, 4.69) is 17.1 Å². The number of likely N-dealkylation sites (tertiary alicyclic amines) is 1. The Balaban J connectivity index is 0.00000264. The third-order valence-electron chi connectivity index (χ3n) is 3.64. The van der Waals surface area contributed by atoms with Gasteiger partial charge in [-0.25, -0.2) is 4.99 Å². The molecule has 0 bridgehead atoms. The lowest BCUT2D eigenvalue weighted by Crippen LogP contribution is -2.40. The first kappa shape index (κ1) is 19.9. The Labute approximate surface area is 156 Å². The molecule has 1 heterocycles. The lowest BCUT2D eigenvalue weighted by Gasteiger charge is -2.21. The van der Waals surface area contributed by atoms with Gasteiger partial charge in [0.05, 0.1) is 13.7 Å². The fourth-order valence-corrected chi connectivity index (χ4v) is 2.49. The maximum atomic E-state index is 5.90. The molecule has 6 heteroatoms. The average Bonchev–Trinajstić information content (AvgIpc) is 3.06. The second kappa shape index (κ2) is 10.6. The molecule has 1 N–H and O–H groups in total. The highest BCUT2D eigenvalue weighted by Gasteiger charge is 2.15. The van der Waals surface area contributed by atoms with Crippen molar-refractivity contribution in [3.63, 3.8) is 0 Å². The van der Waals surface area contributed by atoms with E-state index in [-0.39, 0.29) is 30.1 Å². The Morgan fingerprint density at radius 3 is 2.39 bits per heavy atom. The average molecular weight is 433 g/mol. The number of nitrogens with zero attached hydrogens (tertiary/aromatic N) is 2. The molecule has 0 aromatic heterocycles. The van der Waals surface area contributed by atoms with Gasteiger partial charge in [0.25, 0.3) is 0 Å². The number of hydrogen-bond acceptors (Lipinski definition) is 3. The predicted octanol–water partition coefficient (Wildman–Crippen LogP) is 3.14. The van der Waals surface area contributed by atoms with Crippen LogP contribution in [0.2, 0.25) is 0 Å². The zero-order chi connectivity index (χ0) is 15.8. The van der Waals surface area contributed by atoms with Gasteiger partial charge in [-0.05, 0) is 51.0 Å². The summed E-state index contributed by atoms with van der Waals surface area (Å²) < 4.78 is 11.0. The number of benzene rings is 1. The molecule has 0 radical (unpaired) electrons. The zero-order valence-corrected chi connectivity index (χ0v) is 16.6. The summed E-state index contributed by atoms with van der Waals surface area (Å²) >= 11 is 0. The maximum absolute atomic E-state index is 5.90. The van der Waals surface area contributed by atoms with Crippen molar-refractivity contribution in [3.05, 3.63) is 24.3 Å². The van der Waals surface area contributed by atoms with E-state index in [0.29, 0.717) is 6.54 Å². The Morgan fingerprint density at radius 1 is 1.22 bits per heavy atom. The Kier molecular flexibility index (Phi) is 9.13. The molecular formula is C17H28IN3O2. The third-order valence-corrected chi connectivity index (χ3v) is 3.64. The van der Waals surface area contributed by atoms with Crippen molar-refractivity contribution in [2.75, 3.05) is 33.3 Å². The van der Waals surface area contributed by atoms with Crippen LogP contribution in [0.1, 0.15) is 26.7 Å². The van der Waals surface area contributed by atoms with Crippen molar-refractivity contribution >= 4 is 29.9 Å². The van der Waals surface area contributed by atoms with Gasteiger partial charge in [-0.15, -0.1) is 24.0 Å². The second-order valence-electron chi connectivity index (χ2n) is 5.49. The van der Waals surface area contributed by atoms with Crippen molar-refractivity contribution < 1.29 is 9.47 Å². The molecule has 1 unspecified atom stereocenters. The van der Waals surface area contributed by atoms with Gasteiger partial charge in [0, 0.05) is 19.6 Å². The van der Waals surface area contributed by atoms with E-state index in [1.807, 2.05) is 31.2 Å². The minimum atomic E-state index is 0. The summed E-state index contributed by atoms with van der Waals surface area (Å²) in [4.78, 5) is 7.03. The molecule has 1 saturated heterocycles. The quantitative estimate of drug-likeness (QED) is 0.426. The van der Waals surface area contributed by atoms with Crippen LogP contribution in [-0.4, -0.2) is 50.3 Å². The standard InChI is InChI=1S/C17H27N3O2.HI/c1-4-18-17(20-11-5-6-12-20)19-13-14(2)22-16-9-7-15(21-3)8-10-16;/h7-10,14H,4-6,11-13H2,1-3H3,(H,18,19);1H. The molecule has 1 fully saturated rings. The van der Waals surface area contributed by atoms with Gasteiger partial charge in [0.2, 0.25) is 0 Å². The Morgan fingerprint density at radius 2 is 1.83 bits per heavy atom. The first-order valence-electron chi connectivity index (χ1n) is 8.07. The molecule has 0 amide bonds. The molecule has 0 aliphatic carbocycles. The van der Waals surface area contributed by atoms with Crippen molar-refractivity contribution in [2.45, 2.75) is 32.8 Å². The number of halogens is 1. The van der Waals surface area contributed by atoms with Crippen LogP contribution in [0.5, 0.6) is 11.5 Å². The van der Waals surface area contributed by atoms with E-state index in [4.69, 9.17) is 14.5 Å². The predicted molar refractivity (Wildman–Crippen MR) is 105 cm³/mol. The minimum absolute atomic E-state index is 0. The molecule has 1 aliphatic rings. The summed E-state index contributed by atoms with van der Waals surface area (Å²) in [5, 5.41) is 3.36. The van der Waals surface area contributed by atoms with E-state index in [9.17, 15) is 0 Å². The van der Waals surface area contributed by atoms with Crippen molar-refractivity contribution in [3.8, 4) is 11.5 Å². The number of rotatable bonds is 6. The molecule has 1 aliphatic heterocycles. The first-order chi connectivity index (χ1) is 10.7. The monoisotopic (exact) mass is 433 g/mol. The highest BCUT2D eigenvalue weighted by Crippen LogP contribution is 2.18. The minimum Gasteiger partial charge on any atom is -0.497 e. The number of nitrogens with one attached hydrogen (secondary N) is 1. The van der Waals surface area contributed by atoms with E-state index in [0.717, 1.165) is 37.1 Å². The highest BCUT2D eigenvalue weighted by atomic mass is 127. The van der Waals surface area contributed by atoms with Gasteiger partial charge in [0.15, 0.2) is 5.96 Å². The molecule has 2 rings (SSSR count). The molecule has 0 spiro atoms. The molecule has 0 saturated carbocycles. The van der Waals surface area contributed by atoms with Crippen LogP contribution >= 0.6 is 24.0 Å². The summed E-state index contributed by atoms with van der Waals surface area (Å²) in [5.41, 5.74) is 0. The van der Waals surface area contributed by atoms with Gasteiger partial charge < -0.3 is 19.7 Å². The van der Waals surface area contributed by atoms with Crippen LogP contribution < -0.4 is 14.8 Å². The lowest BCUT2D eigenvalue weighted by molar-refractivity contribution is 0.229. The van der Waals surface area contributed by atoms with E-state index in [1.54, 1.807) is 7.11 Å². The first-order valence-corrected chi connectivity index (χ1v) is 8.07. The topological polar surface area (TPSA) is 46.1 Å². The molecule has 5 nitrogen and oxygen atoms in total. The van der Waals surface area contributed by atoms with Gasteiger partial charge in [-0.3, -0.25) is 0 Å². The number of ether oxygens (including phenoxy) is 2. The SMILES string of the molecule is CCNC(=NCC(C)Oc1ccc(OC)cc1)N1CCCC1.I. The van der Waals surface area contributed by atoms with Crippen LogP contribution in [0.15, 0.2) is 29.3 Å². The highest BCUT2D eigenvalue weighted by molar-refractivity contribution is 14.0. The van der Waals surface area contributed by atoms with Gasteiger partial charge >= 0.3 is 0 Å². The zero-order valence-electron chi connectivity index (χ0n) is 14.2.